The van der Waals surface area contributed by atoms with Crippen LogP contribution in [0.1, 0.15) is 10.4 Å². The molecule has 1 amide bonds. The van der Waals surface area contributed by atoms with E-state index in [0.717, 1.165) is 10.8 Å². The summed E-state index contributed by atoms with van der Waals surface area (Å²) in [6, 6.07) is 15.7. The predicted molar refractivity (Wildman–Crippen MR) is 92.5 cm³/mol. The van der Waals surface area contributed by atoms with Crippen LogP contribution in [0.5, 0.6) is 5.75 Å². The van der Waals surface area contributed by atoms with Crippen LogP contribution in [0.4, 0.5) is 5.69 Å². The molecule has 118 valence electrons. The van der Waals surface area contributed by atoms with Crippen LogP contribution in [0.25, 0.3) is 21.8 Å². The number of aromatic amines is 2. The number of rotatable bonds is 2. The molecular weight excluding hydrogens is 329 g/mol. The molecule has 6 nitrogen and oxygen atoms in total. The molecule has 1 aromatic heterocycles. The first-order valence-electron chi connectivity index (χ1n) is 7.35. The summed E-state index contributed by atoms with van der Waals surface area (Å²) in [6.45, 7) is 0. The second-order valence-corrected chi connectivity index (χ2v) is 5.51. The maximum Gasteiger partial charge on any atom is 1.00 e. The number of hydrogen-bond acceptors (Lipinski definition) is 3. The molecule has 4 aromatic rings. The first-order valence-corrected chi connectivity index (χ1v) is 7.35. The van der Waals surface area contributed by atoms with Crippen molar-refractivity contribution in [3.63, 3.8) is 0 Å². The molecule has 4 N–H and O–H groups in total. The van der Waals surface area contributed by atoms with Crippen LogP contribution >= 0.6 is 0 Å². The van der Waals surface area contributed by atoms with Crippen LogP contribution in [0.3, 0.4) is 0 Å². The van der Waals surface area contributed by atoms with Gasteiger partial charge in [0.1, 0.15) is 5.75 Å². The topological polar surface area (TPSA) is 98.0 Å². The number of phenolic OH excluding ortho intramolecular Hbond substituents is 1. The molecule has 0 atom stereocenters. The van der Waals surface area contributed by atoms with Crippen molar-refractivity contribution in [2.75, 3.05) is 5.32 Å². The summed E-state index contributed by atoms with van der Waals surface area (Å²) in [6.07, 6.45) is 0. The van der Waals surface area contributed by atoms with Crippen molar-refractivity contribution in [3.8, 4) is 5.75 Å². The van der Waals surface area contributed by atoms with Gasteiger partial charge in [-0.15, -0.1) is 0 Å². The van der Waals surface area contributed by atoms with Crippen LogP contribution in [0, 0.1) is 0 Å². The van der Waals surface area contributed by atoms with Crippen molar-refractivity contribution in [2.45, 2.75) is 0 Å². The molecule has 0 saturated carbocycles. The standard InChI is InChI=1S/C18H13N3O3.Na/c22-16-8-11-4-2-1-3-10(11)7-13(16)17(23)19-12-5-6-14-15(9-12)21-18(24)20-14;/h1-9,22H,(H,19,23)(H2,20,21,24);/q;+1. The minimum absolute atomic E-state index is 0. The normalized spacial score (nSPS) is 10.6. The van der Waals surface area contributed by atoms with Crippen LogP contribution in [-0.2, 0) is 0 Å². The molecule has 4 rings (SSSR count). The van der Waals surface area contributed by atoms with Gasteiger partial charge in [0.05, 0.1) is 16.6 Å². The van der Waals surface area contributed by atoms with Gasteiger partial charge in [-0.1, -0.05) is 24.3 Å². The molecule has 0 aliphatic carbocycles. The van der Waals surface area contributed by atoms with Gasteiger partial charge in [-0.25, -0.2) is 4.79 Å². The maximum atomic E-state index is 12.5. The van der Waals surface area contributed by atoms with Gasteiger partial charge in [0.25, 0.3) is 5.91 Å². The zero-order valence-electron chi connectivity index (χ0n) is 13.5. The van der Waals surface area contributed by atoms with E-state index in [9.17, 15) is 14.7 Å². The second-order valence-electron chi connectivity index (χ2n) is 5.51. The van der Waals surface area contributed by atoms with Gasteiger partial charge < -0.3 is 20.4 Å². The van der Waals surface area contributed by atoms with Gasteiger partial charge in [-0.05, 0) is 41.1 Å². The number of nitrogens with one attached hydrogen (secondary N) is 3. The van der Waals surface area contributed by atoms with E-state index in [1.165, 1.54) is 0 Å². The molecule has 0 aliphatic heterocycles. The molecule has 0 radical (unpaired) electrons. The van der Waals surface area contributed by atoms with Crippen LogP contribution in [-0.4, -0.2) is 21.0 Å². The minimum Gasteiger partial charge on any atom is -0.507 e. The first kappa shape index (κ1) is 17.3. The second kappa shape index (κ2) is 6.76. The third-order valence-electron chi connectivity index (χ3n) is 3.88. The Balaban J connectivity index is 0.00000182. The Kier molecular flexibility index (Phi) is 4.67. The average Bonchev–Trinajstić information content (AvgIpc) is 2.93. The Bertz CT molecular complexity index is 1150. The largest absolute Gasteiger partial charge is 1.00 e. The molecule has 0 saturated heterocycles. The fourth-order valence-electron chi connectivity index (χ4n) is 2.72. The Morgan fingerprint density at radius 3 is 2.36 bits per heavy atom. The monoisotopic (exact) mass is 342 g/mol. The van der Waals surface area contributed by atoms with Crippen LogP contribution in [0.2, 0.25) is 0 Å². The zero-order chi connectivity index (χ0) is 16.7. The zero-order valence-corrected chi connectivity index (χ0v) is 15.5. The van der Waals surface area contributed by atoms with Crippen molar-refractivity contribution in [1.82, 2.24) is 9.97 Å². The summed E-state index contributed by atoms with van der Waals surface area (Å²) >= 11 is 0. The minimum atomic E-state index is -0.421. The van der Waals surface area contributed by atoms with Gasteiger partial charge in [-0.2, -0.15) is 0 Å². The van der Waals surface area contributed by atoms with E-state index in [2.05, 4.69) is 15.3 Å². The number of phenols is 1. The fourth-order valence-corrected chi connectivity index (χ4v) is 2.72. The molecule has 1 heterocycles. The number of imidazole rings is 1. The molecule has 0 unspecified atom stereocenters. The molecule has 7 heteroatoms. The molecule has 3 aromatic carbocycles. The average molecular weight is 342 g/mol. The summed E-state index contributed by atoms with van der Waals surface area (Å²) in [5.74, 6) is -0.502. The molecule has 0 spiro atoms. The molecule has 25 heavy (non-hydrogen) atoms. The number of benzene rings is 3. The number of amides is 1. The molecule has 0 aliphatic rings. The van der Waals surface area contributed by atoms with Crippen molar-refractivity contribution in [1.29, 1.82) is 0 Å². The third kappa shape index (κ3) is 3.32. The number of hydrogen-bond donors (Lipinski definition) is 4. The fraction of sp³-hybridized carbons (Fsp3) is 0. The number of fused-ring (bicyclic) bond motifs is 2. The van der Waals surface area contributed by atoms with E-state index in [-0.39, 0.29) is 46.6 Å². The van der Waals surface area contributed by atoms with Crippen molar-refractivity contribution in [3.05, 3.63) is 70.6 Å². The Morgan fingerprint density at radius 1 is 0.920 bits per heavy atom. The first-order chi connectivity index (χ1) is 11.6. The van der Waals surface area contributed by atoms with Gasteiger partial charge in [-0.3, -0.25) is 4.79 Å². The van der Waals surface area contributed by atoms with E-state index >= 15 is 0 Å². The van der Waals surface area contributed by atoms with Crippen molar-refractivity contribution < 1.29 is 39.5 Å². The Morgan fingerprint density at radius 2 is 1.60 bits per heavy atom. The third-order valence-corrected chi connectivity index (χ3v) is 3.88. The number of aromatic nitrogens is 2. The van der Waals surface area contributed by atoms with Crippen LogP contribution in [0.15, 0.2) is 59.4 Å². The van der Waals surface area contributed by atoms with E-state index in [0.29, 0.717) is 16.7 Å². The van der Waals surface area contributed by atoms with Crippen molar-refractivity contribution in [2.24, 2.45) is 0 Å². The summed E-state index contributed by atoms with van der Waals surface area (Å²) in [4.78, 5) is 29.0. The number of H-pyrrole nitrogens is 2. The predicted octanol–water partition coefficient (Wildman–Crippen LogP) is -0.0287. The molecule has 0 fully saturated rings. The SMILES string of the molecule is O=C(Nc1ccc2[nH]c(=O)[nH]c2c1)c1cc2ccccc2cc1O.[Na+]. The maximum absolute atomic E-state index is 12.5. The van der Waals surface area contributed by atoms with E-state index in [4.69, 9.17) is 0 Å². The van der Waals surface area contributed by atoms with Gasteiger partial charge in [0.15, 0.2) is 0 Å². The summed E-state index contributed by atoms with van der Waals surface area (Å²) in [5, 5.41) is 14.6. The van der Waals surface area contributed by atoms with E-state index in [1.807, 2.05) is 24.3 Å². The number of aromatic hydroxyl groups is 1. The van der Waals surface area contributed by atoms with Gasteiger partial charge in [0.2, 0.25) is 0 Å². The van der Waals surface area contributed by atoms with E-state index < -0.39 is 5.91 Å². The van der Waals surface area contributed by atoms with Crippen molar-refractivity contribution >= 4 is 33.4 Å². The van der Waals surface area contributed by atoms with Gasteiger partial charge >= 0.3 is 35.2 Å². The Labute approximate surface area is 164 Å². The smallest absolute Gasteiger partial charge is 0.507 e. The molecule has 0 bridgehead atoms. The summed E-state index contributed by atoms with van der Waals surface area (Å²) in [7, 11) is 0. The van der Waals surface area contributed by atoms with Gasteiger partial charge in [0, 0.05) is 5.69 Å². The quantitative estimate of drug-likeness (QED) is 0.385. The van der Waals surface area contributed by atoms with E-state index in [1.54, 1.807) is 30.3 Å². The van der Waals surface area contributed by atoms with Crippen LogP contribution < -0.4 is 40.6 Å². The number of anilines is 1. The summed E-state index contributed by atoms with van der Waals surface area (Å²) in [5.41, 5.74) is 1.67. The molecular formula is C18H13N3NaO3+. The number of carbonyl (C=O) groups excluding carboxylic acids is 1. The Hall–Kier alpha value is -2.54. The number of carbonyl (C=O) groups is 1. The summed E-state index contributed by atoms with van der Waals surface area (Å²) < 4.78 is 0.